The molecule has 0 saturated heterocycles. The van der Waals surface area contributed by atoms with Gasteiger partial charge in [-0.05, 0) is 45.4 Å². The summed E-state index contributed by atoms with van der Waals surface area (Å²) in [6.07, 6.45) is 3.93. The molecular formula is C10H19BrO. The van der Waals surface area contributed by atoms with Crippen LogP contribution in [0.4, 0.5) is 0 Å². The number of alkyl halides is 1. The van der Waals surface area contributed by atoms with Crippen molar-refractivity contribution in [3.05, 3.63) is 0 Å². The summed E-state index contributed by atoms with van der Waals surface area (Å²) < 4.78 is 5.69. The Morgan fingerprint density at radius 1 is 1.42 bits per heavy atom. The Balaban J connectivity index is 2.38. The molecule has 1 rings (SSSR count). The SMILES string of the molecule is CCOC(C)(C)CC1(CBr)CC1. The minimum absolute atomic E-state index is 0.0685. The number of hydrogen-bond acceptors (Lipinski definition) is 1. The number of halogens is 1. The second kappa shape index (κ2) is 3.67. The van der Waals surface area contributed by atoms with Gasteiger partial charge >= 0.3 is 0 Å². The van der Waals surface area contributed by atoms with E-state index >= 15 is 0 Å². The maximum Gasteiger partial charge on any atom is 0.0632 e. The number of hydrogen-bond donors (Lipinski definition) is 0. The van der Waals surface area contributed by atoms with Gasteiger partial charge in [-0.25, -0.2) is 0 Å². The Morgan fingerprint density at radius 2 is 2.00 bits per heavy atom. The van der Waals surface area contributed by atoms with Gasteiger partial charge in [0.1, 0.15) is 0 Å². The molecular weight excluding hydrogens is 216 g/mol. The molecule has 0 bridgehead atoms. The van der Waals surface area contributed by atoms with Crippen LogP contribution < -0.4 is 0 Å². The molecule has 1 saturated carbocycles. The number of ether oxygens (including phenoxy) is 1. The third-order valence-electron chi connectivity index (χ3n) is 2.58. The average Bonchev–Trinajstić information content (AvgIpc) is 2.68. The first-order chi connectivity index (χ1) is 5.54. The van der Waals surface area contributed by atoms with Gasteiger partial charge in [-0.3, -0.25) is 0 Å². The van der Waals surface area contributed by atoms with E-state index in [1.807, 2.05) is 0 Å². The molecule has 0 heterocycles. The van der Waals surface area contributed by atoms with Gasteiger partial charge in [0.15, 0.2) is 0 Å². The average molecular weight is 235 g/mol. The highest BCUT2D eigenvalue weighted by Crippen LogP contribution is 2.53. The van der Waals surface area contributed by atoms with Gasteiger partial charge in [-0.2, -0.15) is 0 Å². The van der Waals surface area contributed by atoms with Crippen LogP contribution in [-0.4, -0.2) is 17.5 Å². The molecule has 0 spiro atoms. The molecule has 0 amide bonds. The predicted molar refractivity (Wildman–Crippen MR) is 55.8 cm³/mol. The Hall–Kier alpha value is 0.440. The quantitative estimate of drug-likeness (QED) is 0.664. The van der Waals surface area contributed by atoms with E-state index in [-0.39, 0.29) is 5.60 Å². The van der Waals surface area contributed by atoms with Crippen LogP contribution in [0.2, 0.25) is 0 Å². The minimum Gasteiger partial charge on any atom is -0.376 e. The Bertz CT molecular complexity index is 150. The summed E-state index contributed by atoms with van der Waals surface area (Å²) in [5.41, 5.74) is 0.637. The lowest BCUT2D eigenvalue weighted by Gasteiger charge is -2.28. The predicted octanol–water partition coefficient (Wildman–Crippen LogP) is 3.37. The summed E-state index contributed by atoms with van der Waals surface area (Å²) in [5, 5.41) is 1.14. The van der Waals surface area contributed by atoms with Gasteiger partial charge in [0.2, 0.25) is 0 Å². The molecule has 1 fully saturated rings. The van der Waals surface area contributed by atoms with E-state index in [2.05, 4.69) is 36.7 Å². The molecule has 1 aliphatic carbocycles. The lowest BCUT2D eigenvalue weighted by atomic mass is 9.92. The largest absolute Gasteiger partial charge is 0.376 e. The monoisotopic (exact) mass is 234 g/mol. The zero-order valence-corrected chi connectivity index (χ0v) is 9.91. The second-order valence-electron chi connectivity index (χ2n) is 4.50. The van der Waals surface area contributed by atoms with E-state index in [1.165, 1.54) is 19.3 Å². The van der Waals surface area contributed by atoms with Crippen molar-refractivity contribution < 1.29 is 4.74 Å². The van der Waals surface area contributed by atoms with Gasteiger partial charge < -0.3 is 4.74 Å². The molecule has 2 heteroatoms. The van der Waals surface area contributed by atoms with Crippen molar-refractivity contribution in [3.8, 4) is 0 Å². The van der Waals surface area contributed by atoms with Crippen LogP contribution in [-0.2, 0) is 4.74 Å². The Labute approximate surface area is 84.0 Å². The van der Waals surface area contributed by atoms with Crippen LogP contribution in [0.1, 0.15) is 40.0 Å². The molecule has 12 heavy (non-hydrogen) atoms. The van der Waals surface area contributed by atoms with Gasteiger partial charge in [-0.15, -0.1) is 0 Å². The van der Waals surface area contributed by atoms with E-state index in [0.29, 0.717) is 5.41 Å². The Kier molecular flexibility index (Phi) is 3.21. The maximum atomic E-state index is 5.69. The van der Waals surface area contributed by atoms with Crippen LogP contribution >= 0.6 is 15.9 Å². The highest BCUT2D eigenvalue weighted by Gasteiger charge is 2.45. The maximum absolute atomic E-state index is 5.69. The molecule has 0 aliphatic heterocycles. The highest BCUT2D eigenvalue weighted by molar-refractivity contribution is 9.09. The fraction of sp³-hybridized carbons (Fsp3) is 1.00. The minimum atomic E-state index is 0.0685. The van der Waals surface area contributed by atoms with E-state index < -0.39 is 0 Å². The number of rotatable bonds is 5. The lowest BCUT2D eigenvalue weighted by molar-refractivity contribution is -0.0281. The first kappa shape index (κ1) is 10.5. The van der Waals surface area contributed by atoms with Gasteiger partial charge in [0.05, 0.1) is 5.60 Å². The fourth-order valence-corrected chi connectivity index (χ4v) is 2.64. The van der Waals surface area contributed by atoms with E-state index in [9.17, 15) is 0 Å². The van der Waals surface area contributed by atoms with Crippen LogP contribution in [0.15, 0.2) is 0 Å². The van der Waals surface area contributed by atoms with Gasteiger partial charge in [0.25, 0.3) is 0 Å². The summed E-state index contributed by atoms with van der Waals surface area (Å²) >= 11 is 3.58. The summed E-state index contributed by atoms with van der Waals surface area (Å²) in [4.78, 5) is 0. The molecule has 0 aromatic carbocycles. The van der Waals surface area contributed by atoms with Crippen molar-refractivity contribution in [2.75, 3.05) is 11.9 Å². The fourth-order valence-electron chi connectivity index (χ4n) is 1.88. The van der Waals surface area contributed by atoms with Crippen LogP contribution in [0.25, 0.3) is 0 Å². The lowest BCUT2D eigenvalue weighted by Crippen LogP contribution is -2.29. The van der Waals surface area contributed by atoms with Crippen molar-refractivity contribution in [1.82, 2.24) is 0 Å². The zero-order chi connectivity index (χ0) is 9.24. The summed E-state index contributed by atoms with van der Waals surface area (Å²) in [6.45, 7) is 7.28. The first-order valence-electron chi connectivity index (χ1n) is 4.73. The smallest absolute Gasteiger partial charge is 0.0632 e. The third-order valence-corrected chi connectivity index (χ3v) is 3.77. The molecule has 0 radical (unpaired) electrons. The van der Waals surface area contributed by atoms with Gasteiger partial charge in [0, 0.05) is 11.9 Å². The molecule has 0 aromatic rings. The normalized spacial score (nSPS) is 21.0. The van der Waals surface area contributed by atoms with Crippen LogP contribution in [0, 0.1) is 5.41 Å². The molecule has 0 N–H and O–H groups in total. The van der Waals surface area contributed by atoms with Gasteiger partial charge in [-0.1, -0.05) is 15.9 Å². The van der Waals surface area contributed by atoms with Crippen molar-refractivity contribution >= 4 is 15.9 Å². The van der Waals surface area contributed by atoms with Crippen molar-refractivity contribution in [2.45, 2.75) is 45.6 Å². The molecule has 0 unspecified atom stereocenters. The Morgan fingerprint density at radius 3 is 2.33 bits per heavy atom. The van der Waals surface area contributed by atoms with E-state index in [1.54, 1.807) is 0 Å². The molecule has 72 valence electrons. The van der Waals surface area contributed by atoms with E-state index in [0.717, 1.165) is 11.9 Å². The molecule has 1 nitrogen and oxygen atoms in total. The summed E-state index contributed by atoms with van der Waals surface area (Å²) in [7, 11) is 0. The van der Waals surface area contributed by atoms with Crippen LogP contribution in [0.5, 0.6) is 0 Å². The van der Waals surface area contributed by atoms with Crippen molar-refractivity contribution in [2.24, 2.45) is 5.41 Å². The summed E-state index contributed by atoms with van der Waals surface area (Å²) in [5.74, 6) is 0. The zero-order valence-electron chi connectivity index (χ0n) is 8.32. The molecule has 1 aliphatic rings. The highest BCUT2D eigenvalue weighted by atomic mass is 79.9. The third kappa shape index (κ3) is 2.74. The van der Waals surface area contributed by atoms with Crippen molar-refractivity contribution in [1.29, 1.82) is 0 Å². The van der Waals surface area contributed by atoms with Crippen molar-refractivity contribution in [3.63, 3.8) is 0 Å². The second-order valence-corrected chi connectivity index (χ2v) is 5.06. The summed E-state index contributed by atoms with van der Waals surface area (Å²) in [6, 6.07) is 0. The first-order valence-corrected chi connectivity index (χ1v) is 5.86. The van der Waals surface area contributed by atoms with Crippen LogP contribution in [0.3, 0.4) is 0 Å². The molecule has 0 atom stereocenters. The van der Waals surface area contributed by atoms with E-state index in [4.69, 9.17) is 4.74 Å². The molecule has 0 aromatic heterocycles. The topological polar surface area (TPSA) is 9.23 Å². The standard InChI is InChI=1S/C10H19BrO/c1-4-12-9(2,3)7-10(8-11)5-6-10/h4-8H2,1-3H3.